The number of benzene rings is 1. The number of carbonyl (C=O) groups excluding carboxylic acids is 3. The summed E-state index contributed by atoms with van der Waals surface area (Å²) in [5.41, 5.74) is 0.871. The Morgan fingerprint density at radius 2 is 1.72 bits per heavy atom. The van der Waals surface area contributed by atoms with Crippen LogP contribution in [0.2, 0.25) is 0 Å². The minimum Gasteiger partial charge on any atom is -0.343 e. The van der Waals surface area contributed by atoms with Crippen molar-refractivity contribution in [3.63, 3.8) is 0 Å². The second kappa shape index (κ2) is 7.78. The van der Waals surface area contributed by atoms with Gasteiger partial charge in [-0.3, -0.25) is 19.3 Å². The van der Waals surface area contributed by atoms with Gasteiger partial charge < -0.3 is 10.2 Å². The van der Waals surface area contributed by atoms with Gasteiger partial charge in [0.2, 0.25) is 5.91 Å². The lowest BCUT2D eigenvalue weighted by Crippen LogP contribution is -2.41. The molecule has 0 aromatic heterocycles. The van der Waals surface area contributed by atoms with Crippen LogP contribution in [0.25, 0.3) is 0 Å². The van der Waals surface area contributed by atoms with E-state index in [0.717, 1.165) is 38.9 Å². The molecule has 3 rings (SSSR count). The highest BCUT2D eigenvalue weighted by atomic mass is 16.2. The molecular weight excluding hydrogens is 318 g/mol. The van der Waals surface area contributed by atoms with Crippen LogP contribution in [-0.4, -0.2) is 60.7 Å². The Labute approximate surface area is 148 Å². The van der Waals surface area contributed by atoms with Crippen LogP contribution >= 0.6 is 0 Å². The van der Waals surface area contributed by atoms with E-state index in [2.05, 4.69) is 5.32 Å². The second-order valence-corrected chi connectivity index (χ2v) is 6.77. The Bertz CT molecular complexity index is 631. The average molecular weight is 343 g/mol. The van der Waals surface area contributed by atoms with Gasteiger partial charge in [-0.2, -0.15) is 0 Å². The Morgan fingerprint density at radius 1 is 1.12 bits per heavy atom. The number of nitrogens with zero attached hydrogens (tertiary/aromatic N) is 2. The highest BCUT2D eigenvalue weighted by Crippen LogP contribution is 2.23. The molecule has 1 saturated heterocycles. The third-order valence-electron chi connectivity index (χ3n) is 5.20. The summed E-state index contributed by atoms with van der Waals surface area (Å²) in [5.74, 6) is 0.120. The van der Waals surface area contributed by atoms with Crippen molar-refractivity contribution in [3.05, 3.63) is 35.4 Å². The van der Waals surface area contributed by atoms with E-state index in [9.17, 15) is 14.4 Å². The molecule has 2 aliphatic heterocycles. The van der Waals surface area contributed by atoms with Gasteiger partial charge in [-0.15, -0.1) is 0 Å². The summed E-state index contributed by atoms with van der Waals surface area (Å²) in [5, 5.41) is 3.17. The average Bonchev–Trinajstić information content (AvgIpc) is 2.89. The molecule has 0 spiro atoms. The molecule has 0 atom stereocenters. The summed E-state index contributed by atoms with van der Waals surface area (Å²) in [7, 11) is 1.96. The second-order valence-electron chi connectivity index (χ2n) is 6.77. The predicted octanol–water partition coefficient (Wildman–Crippen LogP) is 1.52. The van der Waals surface area contributed by atoms with Crippen molar-refractivity contribution in [2.45, 2.75) is 25.7 Å². The van der Waals surface area contributed by atoms with Gasteiger partial charge in [0.1, 0.15) is 0 Å². The highest BCUT2D eigenvalue weighted by Gasteiger charge is 2.35. The van der Waals surface area contributed by atoms with Gasteiger partial charge in [0.15, 0.2) is 0 Å². The van der Waals surface area contributed by atoms with Crippen LogP contribution in [0.4, 0.5) is 0 Å². The zero-order valence-electron chi connectivity index (χ0n) is 14.7. The number of hydrogen-bond donors (Lipinski definition) is 1. The lowest BCUT2D eigenvalue weighted by molar-refractivity contribution is -0.132. The topological polar surface area (TPSA) is 69.7 Å². The van der Waals surface area contributed by atoms with Gasteiger partial charge in [0.25, 0.3) is 11.8 Å². The first-order valence-electron chi connectivity index (χ1n) is 8.99. The van der Waals surface area contributed by atoms with Crippen LogP contribution in [0.5, 0.6) is 0 Å². The lowest BCUT2D eigenvalue weighted by atomic mass is 9.93. The predicted molar refractivity (Wildman–Crippen MR) is 94.3 cm³/mol. The van der Waals surface area contributed by atoms with Crippen LogP contribution in [0.1, 0.15) is 46.4 Å². The fourth-order valence-corrected chi connectivity index (χ4v) is 3.63. The molecular formula is C19H25N3O3. The number of hydrogen-bond acceptors (Lipinski definition) is 4. The molecule has 1 aromatic rings. The third-order valence-corrected chi connectivity index (χ3v) is 5.20. The maximum atomic E-state index is 12.4. The fraction of sp³-hybridized carbons (Fsp3) is 0.526. The van der Waals surface area contributed by atoms with Gasteiger partial charge in [-0.25, -0.2) is 0 Å². The summed E-state index contributed by atoms with van der Waals surface area (Å²) in [6, 6.07) is 6.81. The molecule has 1 N–H and O–H groups in total. The maximum absolute atomic E-state index is 12.4. The Hall–Kier alpha value is -2.21. The van der Waals surface area contributed by atoms with E-state index >= 15 is 0 Å². The molecule has 1 aromatic carbocycles. The van der Waals surface area contributed by atoms with Crippen molar-refractivity contribution in [2.75, 3.05) is 33.2 Å². The number of rotatable bonds is 6. The van der Waals surface area contributed by atoms with Crippen molar-refractivity contribution in [3.8, 4) is 0 Å². The summed E-state index contributed by atoms with van der Waals surface area (Å²) in [6.07, 6.45) is 3.40. The van der Waals surface area contributed by atoms with E-state index in [1.165, 1.54) is 4.90 Å². The van der Waals surface area contributed by atoms with Crippen molar-refractivity contribution >= 4 is 17.7 Å². The molecule has 6 heteroatoms. The minimum atomic E-state index is -0.292. The molecule has 0 unspecified atom stereocenters. The van der Waals surface area contributed by atoms with Crippen molar-refractivity contribution in [1.29, 1.82) is 0 Å². The van der Waals surface area contributed by atoms with Gasteiger partial charge in [0.05, 0.1) is 11.1 Å². The van der Waals surface area contributed by atoms with Gasteiger partial charge >= 0.3 is 0 Å². The van der Waals surface area contributed by atoms with Crippen LogP contribution in [-0.2, 0) is 4.79 Å². The summed E-state index contributed by atoms with van der Waals surface area (Å²) < 4.78 is 0. The standard InChI is InChI=1S/C19H25N3O3/c1-20-10-6-14-7-11-21(12-8-14)17(23)9-13-22-18(24)15-4-2-3-5-16(15)19(22)25/h2-5,14,20H,6-13H2,1H3. The smallest absolute Gasteiger partial charge is 0.261 e. The quantitative estimate of drug-likeness (QED) is 0.795. The first kappa shape index (κ1) is 17.6. The zero-order chi connectivity index (χ0) is 17.8. The monoisotopic (exact) mass is 343 g/mol. The number of likely N-dealkylation sites (tertiary alicyclic amines) is 1. The van der Waals surface area contributed by atoms with Crippen LogP contribution in [0.15, 0.2) is 24.3 Å². The summed E-state index contributed by atoms with van der Waals surface area (Å²) in [4.78, 5) is 40.1. The minimum absolute atomic E-state index is 0.0311. The fourth-order valence-electron chi connectivity index (χ4n) is 3.63. The number of piperidine rings is 1. The normalized spacial score (nSPS) is 18.0. The molecule has 134 valence electrons. The number of nitrogens with one attached hydrogen (secondary N) is 1. The molecule has 6 nitrogen and oxygen atoms in total. The van der Waals surface area contributed by atoms with E-state index < -0.39 is 0 Å². The van der Waals surface area contributed by atoms with E-state index in [-0.39, 0.29) is 30.7 Å². The molecule has 25 heavy (non-hydrogen) atoms. The first-order valence-corrected chi connectivity index (χ1v) is 8.99. The Kier molecular flexibility index (Phi) is 5.48. The summed E-state index contributed by atoms with van der Waals surface area (Å²) >= 11 is 0. The van der Waals surface area contributed by atoms with Gasteiger partial charge in [-0.1, -0.05) is 12.1 Å². The molecule has 2 aliphatic rings. The number of carbonyl (C=O) groups is 3. The van der Waals surface area contributed by atoms with E-state index in [1.807, 2.05) is 11.9 Å². The van der Waals surface area contributed by atoms with E-state index in [1.54, 1.807) is 24.3 Å². The van der Waals surface area contributed by atoms with E-state index in [0.29, 0.717) is 17.0 Å². The van der Waals surface area contributed by atoms with Gasteiger partial charge in [0, 0.05) is 26.1 Å². The van der Waals surface area contributed by atoms with Crippen LogP contribution in [0.3, 0.4) is 0 Å². The largest absolute Gasteiger partial charge is 0.343 e. The van der Waals surface area contributed by atoms with Crippen molar-refractivity contribution < 1.29 is 14.4 Å². The number of amides is 3. The van der Waals surface area contributed by atoms with Crippen molar-refractivity contribution in [2.24, 2.45) is 5.92 Å². The molecule has 2 heterocycles. The molecule has 3 amide bonds. The third kappa shape index (κ3) is 3.74. The van der Waals surface area contributed by atoms with Crippen LogP contribution in [0, 0.1) is 5.92 Å². The molecule has 0 aliphatic carbocycles. The molecule has 0 bridgehead atoms. The van der Waals surface area contributed by atoms with E-state index in [4.69, 9.17) is 0 Å². The number of imide groups is 1. The SMILES string of the molecule is CNCCC1CCN(C(=O)CCN2C(=O)c3ccccc3C2=O)CC1. The van der Waals surface area contributed by atoms with Crippen LogP contribution < -0.4 is 5.32 Å². The first-order chi connectivity index (χ1) is 12.1. The maximum Gasteiger partial charge on any atom is 0.261 e. The Morgan fingerprint density at radius 3 is 2.28 bits per heavy atom. The number of fused-ring (bicyclic) bond motifs is 1. The van der Waals surface area contributed by atoms with Gasteiger partial charge in [-0.05, 0) is 50.9 Å². The molecule has 0 radical (unpaired) electrons. The molecule has 0 saturated carbocycles. The Balaban J connectivity index is 1.49. The lowest BCUT2D eigenvalue weighted by Gasteiger charge is -2.32. The zero-order valence-corrected chi connectivity index (χ0v) is 14.7. The van der Waals surface area contributed by atoms with Crippen molar-refractivity contribution in [1.82, 2.24) is 15.1 Å². The molecule has 1 fully saturated rings. The summed E-state index contributed by atoms with van der Waals surface area (Å²) in [6.45, 7) is 2.72. The highest BCUT2D eigenvalue weighted by molar-refractivity contribution is 6.21.